The highest BCUT2D eigenvalue weighted by atomic mass is 32.2. The summed E-state index contributed by atoms with van der Waals surface area (Å²) in [6, 6.07) is 29.3. The number of carbonyl (C=O) groups excluding carboxylic acids is 1. The van der Waals surface area contributed by atoms with E-state index in [9.17, 15) is 21.6 Å². The number of benzene rings is 4. The molecule has 2 aliphatic rings. The molecule has 0 aromatic heterocycles. The number of morpholine rings is 1. The highest BCUT2D eigenvalue weighted by Crippen LogP contribution is 2.39. The van der Waals surface area contributed by atoms with Gasteiger partial charge in [-0.3, -0.25) is 18.7 Å². The lowest BCUT2D eigenvalue weighted by Crippen LogP contribution is -2.43. The third-order valence-corrected chi connectivity index (χ3v) is 10.5. The molecule has 0 unspecified atom stereocenters. The molecule has 0 atom stereocenters. The molecule has 1 fully saturated rings. The second kappa shape index (κ2) is 13.6. The third kappa shape index (κ3) is 7.49. The zero-order chi connectivity index (χ0) is 33.0. The Morgan fingerprint density at radius 2 is 1.51 bits per heavy atom. The van der Waals surface area contributed by atoms with Crippen LogP contribution in [0.5, 0.6) is 0 Å². The summed E-state index contributed by atoms with van der Waals surface area (Å²) < 4.78 is 61.5. The zero-order valence-corrected chi connectivity index (χ0v) is 27.4. The molecule has 3 N–H and O–H groups in total. The molecule has 0 radical (unpaired) electrons. The molecule has 4 aromatic rings. The number of hydrogen-bond acceptors (Lipinski definition) is 8. The van der Waals surface area contributed by atoms with E-state index in [0.717, 1.165) is 13.1 Å². The highest BCUT2D eigenvalue weighted by molar-refractivity contribution is 7.92. The summed E-state index contributed by atoms with van der Waals surface area (Å²) in [7, 11) is -7.51. The minimum atomic E-state index is -3.96. The van der Waals surface area contributed by atoms with Crippen LogP contribution in [0.25, 0.3) is 11.3 Å². The number of carbonyl (C=O) groups is 1. The van der Waals surface area contributed by atoms with Crippen molar-refractivity contribution >= 4 is 60.0 Å². The van der Waals surface area contributed by atoms with Gasteiger partial charge >= 0.3 is 0 Å². The van der Waals surface area contributed by atoms with Crippen LogP contribution in [0.1, 0.15) is 11.1 Å². The summed E-state index contributed by atoms with van der Waals surface area (Å²) in [4.78, 5) is 15.7. The summed E-state index contributed by atoms with van der Waals surface area (Å²) in [6.07, 6.45) is 1.19. The largest absolute Gasteiger partial charge is 0.379 e. The molecule has 0 bridgehead atoms. The van der Waals surface area contributed by atoms with Gasteiger partial charge in [-0.1, -0.05) is 48.5 Å². The van der Waals surface area contributed by atoms with Crippen molar-refractivity contribution in [3.8, 4) is 0 Å². The Labute approximate surface area is 275 Å². The van der Waals surface area contributed by atoms with E-state index in [0.29, 0.717) is 65.9 Å². The Hall–Kier alpha value is -4.69. The van der Waals surface area contributed by atoms with Crippen molar-refractivity contribution in [3.05, 3.63) is 114 Å². The van der Waals surface area contributed by atoms with Gasteiger partial charge in [0.1, 0.15) is 0 Å². The first kappa shape index (κ1) is 32.3. The van der Waals surface area contributed by atoms with Crippen LogP contribution < -0.4 is 19.7 Å². The van der Waals surface area contributed by atoms with E-state index in [1.54, 1.807) is 60.7 Å². The summed E-state index contributed by atoms with van der Waals surface area (Å²) in [5.74, 6) is -0.389. The summed E-state index contributed by atoms with van der Waals surface area (Å²) >= 11 is 0. The first-order chi connectivity index (χ1) is 22.6. The smallest absolute Gasteiger partial charge is 0.261 e. The first-order valence-corrected chi connectivity index (χ1v) is 18.4. The van der Waals surface area contributed by atoms with Crippen LogP contribution in [-0.4, -0.2) is 73.3 Å². The van der Waals surface area contributed by atoms with Gasteiger partial charge < -0.3 is 15.4 Å². The van der Waals surface area contributed by atoms with Crippen LogP contribution >= 0.6 is 0 Å². The van der Waals surface area contributed by atoms with E-state index < -0.39 is 20.0 Å². The van der Waals surface area contributed by atoms with E-state index in [2.05, 4.69) is 20.3 Å². The fourth-order valence-electron chi connectivity index (χ4n) is 5.56. The molecule has 1 amide bonds. The van der Waals surface area contributed by atoms with Gasteiger partial charge in [0, 0.05) is 48.8 Å². The molecule has 6 rings (SSSR count). The van der Waals surface area contributed by atoms with Crippen molar-refractivity contribution in [3.63, 3.8) is 0 Å². The molecule has 0 spiro atoms. The summed E-state index contributed by atoms with van der Waals surface area (Å²) in [6.45, 7) is 3.64. The van der Waals surface area contributed by atoms with Gasteiger partial charge in [-0.05, 0) is 60.2 Å². The Bertz CT molecular complexity index is 2000. The van der Waals surface area contributed by atoms with Gasteiger partial charge in [0.2, 0.25) is 10.0 Å². The molecule has 4 aromatic carbocycles. The van der Waals surface area contributed by atoms with E-state index in [4.69, 9.17) is 4.74 Å². The SMILES string of the molecule is CS(=O)(=O)N(CCN1CCOCC1)c1ccc(N/C(=C2\C(=O)Nc3ccc(S(=O)(=O)Nc4ccccc4)cc32)c2ccccc2)cc1. The Morgan fingerprint density at radius 1 is 0.851 bits per heavy atom. The lowest BCUT2D eigenvalue weighted by Gasteiger charge is -2.30. The Morgan fingerprint density at radius 3 is 2.17 bits per heavy atom. The van der Waals surface area contributed by atoms with Crippen LogP contribution in [0.4, 0.5) is 22.7 Å². The molecule has 11 nitrogen and oxygen atoms in total. The molecule has 47 heavy (non-hydrogen) atoms. The maximum absolute atomic E-state index is 13.5. The van der Waals surface area contributed by atoms with Crippen molar-refractivity contribution < 1.29 is 26.4 Å². The number of nitrogens with one attached hydrogen (secondary N) is 3. The van der Waals surface area contributed by atoms with Gasteiger partial charge in [0.25, 0.3) is 15.9 Å². The minimum absolute atomic E-state index is 0.00353. The van der Waals surface area contributed by atoms with E-state index in [-0.39, 0.29) is 16.4 Å². The minimum Gasteiger partial charge on any atom is -0.379 e. The number of nitrogens with zero attached hydrogens (tertiary/aromatic N) is 2. The normalized spacial score (nSPS) is 16.2. The fourth-order valence-corrected chi connectivity index (χ4v) is 7.57. The Balaban J connectivity index is 1.33. The van der Waals surface area contributed by atoms with Crippen molar-refractivity contribution in [1.29, 1.82) is 0 Å². The van der Waals surface area contributed by atoms with Crippen LogP contribution in [0.3, 0.4) is 0 Å². The lowest BCUT2D eigenvalue weighted by atomic mass is 10.00. The van der Waals surface area contributed by atoms with Crippen molar-refractivity contribution in [2.45, 2.75) is 4.90 Å². The lowest BCUT2D eigenvalue weighted by molar-refractivity contribution is -0.110. The van der Waals surface area contributed by atoms with Crippen molar-refractivity contribution in [2.75, 3.05) is 65.3 Å². The molecular weight excluding hydrogens is 639 g/mol. The molecule has 1 saturated heterocycles. The average Bonchev–Trinajstić information content (AvgIpc) is 3.39. The zero-order valence-electron chi connectivity index (χ0n) is 25.7. The predicted molar refractivity (Wildman–Crippen MR) is 185 cm³/mol. The number of fused-ring (bicyclic) bond motifs is 1. The van der Waals surface area contributed by atoms with Crippen molar-refractivity contribution in [1.82, 2.24) is 4.90 Å². The molecule has 2 heterocycles. The number of sulfonamides is 2. The van der Waals surface area contributed by atoms with Crippen LogP contribution in [0, 0.1) is 0 Å². The van der Waals surface area contributed by atoms with Gasteiger partial charge in [-0.25, -0.2) is 16.8 Å². The van der Waals surface area contributed by atoms with Gasteiger partial charge in [0.15, 0.2) is 0 Å². The monoisotopic (exact) mass is 673 g/mol. The highest BCUT2D eigenvalue weighted by Gasteiger charge is 2.30. The van der Waals surface area contributed by atoms with Crippen molar-refractivity contribution in [2.24, 2.45) is 0 Å². The molecule has 0 aliphatic carbocycles. The molecule has 13 heteroatoms. The average molecular weight is 674 g/mol. The topological polar surface area (TPSA) is 137 Å². The van der Waals surface area contributed by atoms with E-state index >= 15 is 0 Å². The standard InChI is InChI=1S/C34H35N5O6S2/c1-46(41,42)39(19-18-38-20-22-45-23-21-38)28-14-12-26(13-15-28)35-33(25-8-4-2-5-9-25)32-30-24-29(16-17-31(30)36-34(32)40)47(43,44)37-27-10-6-3-7-11-27/h2-17,24,35,37H,18-23H2,1H3,(H,36,40)/b33-32-. The second-order valence-corrected chi connectivity index (χ2v) is 14.8. The summed E-state index contributed by atoms with van der Waals surface area (Å²) in [5, 5.41) is 6.22. The maximum atomic E-state index is 13.5. The number of para-hydroxylation sites is 1. The predicted octanol–water partition coefficient (Wildman–Crippen LogP) is 4.52. The second-order valence-electron chi connectivity index (χ2n) is 11.2. The van der Waals surface area contributed by atoms with Crippen LogP contribution in [-0.2, 0) is 29.6 Å². The van der Waals surface area contributed by atoms with Gasteiger partial charge in [-0.15, -0.1) is 0 Å². The number of anilines is 4. The van der Waals surface area contributed by atoms with Gasteiger partial charge in [-0.2, -0.15) is 0 Å². The van der Waals surface area contributed by atoms with E-state index in [1.807, 2.05) is 30.3 Å². The maximum Gasteiger partial charge on any atom is 0.261 e. The Kier molecular flexibility index (Phi) is 9.32. The third-order valence-electron chi connectivity index (χ3n) is 7.93. The molecular formula is C34H35N5O6S2. The van der Waals surface area contributed by atoms with E-state index in [1.165, 1.54) is 22.7 Å². The first-order valence-electron chi connectivity index (χ1n) is 15.1. The van der Waals surface area contributed by atoms with Gasteiger partial charge in [0.05, 0.1) is 41.3 Å². The number of rotatable bonds is 11. The number of hydrogen-bond donors (Lipinski definition) is 3. The number of amides is 1. The summed E-state index contributed by atoms with van der Waals surface area (Å²) in [5.41, 5.74) is 3.90. The molecule has 2 aliphatic heterocycles. The molecule has 244 valence electrons. The van der Waals surface area contributed by atoms with Crippen LogP contribution in [0.2, 0.25) is 0 Å². The van der Waals surface area contributed by atoms with Crippen LogP contribution in [0.15, 0.2) is 108 Å². The fraction of sp³-hybridized carbons (Fsp3) is 0.206. The number of ether oxygens (including phenoxy) is 1. The molecule has 0 saturated carbocycles. The quantitative estimate of drug-likeness (QED) is 0.198.